The zero-order chi connectivity index (χ0) is 24.5. The highest BCUT2D eigenvalue weighted by atomic mass is 32.2. The second-order valence-corrected chi connectivity index (χ2v) is 9.73. The van der Waals surface area contributed by atoms with Gasteiger partial charge in [-0.05, 0) is 43.3 Å². The van der Waals surface area contributed by atoms with Crippen LogP contribution in [0, 0.1) is 18.3 Å². The van der Waals surface area contributed by atoms with E-state index >= 15 is 0 Å². The molecule has 0 aliphatic heterocycles. The summed E-state index contributed by atoms with van der Waals surface area (Å²) in [6.07, 6.45) is 2.91. The second kappa shape index (κ2) is 8.92. The fourth-order valence-electron chi connectivity index (χ4n) is 3.56. The highest BCUT2D eigenvalue weighted by Crippen LogP contribution is 2.30. The highest BCUT2D eigenvalue weighted by molar-refractivity contribution is 7.90. The molecule has 170 valence electrons. The molecule has 2 aromatic carbocycles. The van der Waals surface area contributed by atoms with E-state index in [-0.39, 0.29) is 16.2 Å². The molecule has 9 heteroatoms. The summed E-state index contributed by atoms with van der Waals surface area (Å²) in [4.78, 5) is 15.0. The lowest BCUT2D eigenvalue weighted by Gasteiger charge is -2.13. The summed E-state index contributed by atoms with van der Waals surface area (Å²) in [6.45, 7) is 1.86. The number of nitrogens with zero attached hydrogens (tertiary/aromatic N) is 5. The third-order valence-corrected chi connectivity index (χ3v) is 6.91. The van der Waals surface area contributed by atoms with E-state index in [0.717, 1.165) is 9.54 Å². The Morgan fingerprint density at radius 3 is 2.44 bits per heavy atom. The first-order valence-electron chi connectivity index (χ1n) is 10.3. The summed E-state index contributed by atoms with van der Waals surface area (Å²) >= 11 is 0. The van der Waals surface area contributed by atoms with Gasteiger partial charge in [0.2, 0.25) is 5.78 Å². The van der Waals surface area contributed by atoms with Gasteiger partial charge in [0.15, 0.2) is 0 Å². The quantitative estimate of drug-likeness (QED) is 0.239. The van der Waals surface area contributed by atoms with Crippen molar-refractivity contribution in [2.24, 2.45) is 0 Å². The number of hydrogen-bond donors (Lipinski definition) is 0. The van der Waals surface area contributed by atoms with Gasteiger partial charge in [0, 0.05) is 37.4 Å². The van der Waals surface area contributed by atoms with Crippen LogP contribution in [0.1, 0.15) is 16.1 Å². The normalized spacial score (nSPS) is 11.9. The highest BCUT2D eigenvalue weighted by Gasteiger charge is 2.28. The monoisotopic (exact) mass is 471 g/mol. The molecule has 2 aromatic heterocycles. The van der Waals surface area contributed by atoms with E-state index in [2.05, 4.69) is 10.2 Å². The molecule has 8 nitrogen and oxygen atoms in total. The number of aromatic nitrogens is 3. The summed E-state index contributed by atoms with van der Waals surface area (Å²) in [5.74, 6) is -0.691. The molecular weight excluding hydrogens is 450 g/mol. The Balaban J connectivity index is 2.03. The predicted molar refractivity (Wildman–Crippen MR) is 128 cm³/mol. The summed E-state index contributed by atoms with van der Waals surface area (Å²) in [6, 6.07) is 18.4. The number of ketones is 1. The van der Waals surface area contributed by atoms with Gasteiger partial charge in [0.05, 0.1) is 16.1 Å². The molecule has 0 fully saturated rings. The van der Waals surface area contributed by atoms with Gasteiger partial charge in [-0.15, -0.1) is 0 Å². The van der Waals surface area contributed by atoms with Crippen LogP contribution >= 0.6 is 0 Å². The van der Waals surface area contributed by atoms with E-state index in [1.54, 1.807) is 67.7 Å². The minimum Gasteiger partial charge on any atom is -0.382 e. The van der Waals surface area contributed by atoms with Gasteiger partial charge in [0.25, 0.3) is 10.0 Å². The van der Waals surface area contributed by atoms with Crippen LogP contribution in [-0.4, -0.2) is 47.4 Å². The molecule has 34 heavy (non-hydrogen) atoms. The predicted octanol–water partition coefficient (Wildman–Crippen LogP) is 3.80. The summed E-state index contributed by atoms with van der Waals surface area (Å²) < 4.78 is 28.6. The van der Waals surface area contributed by atoms with Crippen molar-refractivity contribution in [3.8, 4) is 17.3 Å². The van der Waals surface area contributed by atoms with E-state index in [9.17, 15) is 18.5 Å². The topological polar surface area (TPSA) is 109 Å². The maximum atomic E-state index is 13.8. The number of carbonyl (C=O) groups is 1. The van der Waals surface area contributed by atoms with E-state index in [4.69, 9.17) is 0 Å². The van der Waals surface area contributed by atoms with Gasteiger partial charge < -0.3 is 4.90 Å². The number of aryl methyl sites for hydroxylation is 1. The maximum Gasteiger partial charge on any atom is 0.268 e. The number of hydrogen-bond acceptors (Lipinski definition) is 7. The molecule has 2 heterocycles. The van der Waals surface area contributed by atoms with Crippen molar-refractivity contribution in [1.29, 1.82) is 5.26 Å². The fourth-order valence-corrected chi connectivity index (χ4v) is 5.06. The van der Waals surface area contributed by atoms with Crippen molar-refractivity contribution in [2.45, 2.75) is 11.8 Å². The van der Waals surface area contributed by atoms with Gasteiger partial charge in [-0.2, -0.15) is 15.5 Å². The summed E-state index contributed by atoms with van der Waals surface area (Å²) in [5, 5.41) is 18.1. The Hall–Kier alpha value is -4.29. The number of nitriles is 1. The van der Waals surface area contributed by atoms with Crippen molar-refractivity contribution in [3.63, 3.8) is 0 Å². The van der Waals surface area contributed by atoms with Crippen LogP contribution in [0.3, 0.4) is 0 Å². The molecule has 0 unspecified atom stereocenters. The number of Topliss-reactive ketones (excluding diaryl/α,β-unsaturated/α-hetero) is 1. The Morgan fingerprint density at radius 2 is 1.82 bits per heavy atom. The third kappa shape index (κ3) is 4.19. The number of rotatable bonds is 6. The van der Waals surface area contributed by atoms with Gasteiger partial charge in [-0.1, -0.05) is 29.8 Å². The first-order valence-corrected chi connectivity index (χ1v) is 11.8. The summed E-state index contributed by atoms with van der Waals surface area (Å²) in [7, 11) is -0.820. The van der Waals surface area contributed by atoms with Gasteiger partial charge >= 0.3 is 0 Å². The summed E-state index contributed by atoms with van der Waals surface area (Å²) in [5.41, 5.74) is 2.10. The average Bonchev–Trinajstić information content (AvgIpc) is 3.22. The first kappa shape index (κ1) is 22.9. The van der Waals surface area contributed by atoms with Crippen LogP contribution in [0.25, 0.3) is 22.2 Å². The Kier molecular flexibility index (Phi) is 6.01. The third-order valence-electron chi connectivity index (χ3n) is 5.17. The molecule has 0 saturated carbocycles. The van der Waals surface area contributed by atoms with Crippen molar-refractivity contribution in [2.75, 3.05) is 14.1 Å². The van der Waals surface area contributed by atoms with Crippen LogP contribution in [-0.2, 0) is 10.0 Å². The Labute approximate surface area is 197 Å². The van der Waals surface area contributed by atoms with E-state index < -0.39 is 15.8 Å². The van der Waals surface area contributed by atoms with Gasteiger partial charge in [-0.25, -0.2) is 12.4 Å². The zero-order valence-corrected chi connectivity index (χ0v) is 19.6. The molecule has 4 aromatic rings. The fraction of sp³-hybridized carbons (Fsp3) is 0.120. The van der Waals surface area contributed by atoms with Crippen LogP contribution in [0.4, 0.5) is 0 Å². The molecule has 0 N–H and O–H groups in total. The lowest BCUT2D eigenvalue weighted by atomic mass is 10.1. The molecule has 0 aliphatic rings. The van der Waals surface area contributed by atoms with E-state index in [1.807, 2.05) is 13.0 Å². The van der Waals surface area contributed by atoms with Crippen molar-refractivity contribution < 1.29 is 13.2 Å². The zero-order valence-electron chi connectivity index (χ0n) is 18.8. The van der Waals surface area contributed by atoms with E-state index in [0.29, 0.717) is 22.2 Å². The molecule has 0 bridgehead atoms. The lowest BCUT2D eigenvalue weighted by molar-refractivity contribution is 0.103. The second-order valence-electron chi connectivity index (χ2n) is 7.94. The van der Waals surface area contributed by atoms with Crippen LogP contribution in [0.5, 0.6) is 0 Å². The Bertz CT molecular complexity index is 1560. The van der Waals surface area contributed by atoms with Crippen molar-refractivity contribution in [3.05, 3.63) is 89.9 Å². The standard InChI is InChI=1S/C25H21N5O3S/c1-17-6-10-21(11-7-17)34(32,33)30-23-13-18(22-5-4-12-27-28-22)8-9-19(23)14-24(30)25(31)20(15-26)16-29(2)3/h4-14,16H,1-3H3/b20-16+. The largest absolute Gasteiger partial charge is 0.382 e. The molecule has 0 amide bonds. The average molecular weight is 472 g/mol. The van der Waals surface area contributed by atoms with Crippen LogP contribution < -0.4 is 0 Å². The molecule has 0 spiro atoms. The van der Waals surface area contributed by atoms with E-state index in [1.165, 1.54) is 24.4 Å². The van der Waals surface area contributed by atoms with Crippen molar-refractivity contribution >= 4 is 26.7 Å². The minimum atomic E-state index is -4.17. The minimum absolute atomic E-state index is 0.0321. The molecule has 4 rings (SSSR count). The number of fused-ring (bicyclic) bond motifs is 1. The maximum absolute atomic E-state index is 13.8. The molecule has 0 saturated heterocycles. The van der Waals surface area contributed by atoms with Gasteiger partial charge in [0.1, 0.15) is 17.3 Å². The smallest absolute Gasteiger partial charge is 0.268 e. The molecule has 0 radical (unpaired) electrons. The van der Waals surface area contributed by atoms with Crippen LogP contribution in [0.15, 0.2) is 83.5 Å². The SMILES string of the molecule is Cc1ccc(S(=O)(=O)n2c(C(=O)/C(C#N)=C/N(C)C)cc3ccc(-c4cccnn4)cc32)cc1. The molecule has 0 aliphatic carbocycles. The first-order chi connectivity index (χ1) is 16.2. The number of benzene rings is 2. The van der Waals surface area contributed by atoms with Gasteiger partial charge in [-0.3, -0.25) is 4.79 Å². The van der Waals surface area contributed by atoms with Crippen molar-refractivity contribution in [1.82, 2.24) is 19.1 Å². The van der Waals surface area contributed by atoms with Crippen LogP contribution in [0.2, 0.25) is 0 Å². The Morgan fingerprint density at radius 1 is 1.09 bits per heavy atom. The lowest BCUT2D eigenvalue weighted by Crippen LogP contribution is -2.20. The molecule has 0 atom stereocenters. The number of carbonyl (C=O) groups excluding carboxylic acids is 1. The molecular formula is C25H21N5O3S. The number of allylic oxidation sites excluding steroid dienone is 1.